The van der Waals surface area contributed by atoms with Crippen molar-refractivity contribution in [2.45, 2.75) is 6.92 Å². The second-order valence-corrected chi connectivity index (χ2v) is 8.48. The number of benzene rings is 2. The minimum absolute atomic E-state index is 0.00421. The SMILES string of the molecule is COC(=O)C(=O)N(C(=O)CN1CC(C)(C(=O)OC)C(c2ccc(Cl)cc2)=N1)c1ccc(Cl)cc1. The Balaban J connectivity index is 1.95. The van der Waals surface area contributed by atoms with Crippen LogP contribution in [0.25, 0.3) is 0 Å². The van der Waals surface area contributed by atoms with Crippen molar-refractivity contribution in [3.63, 3.8) is 0 Å². The molecule has 2 amide bonds. The number of hydrogen-bond acceptors (Lipinski definition) is 8. The van der Waals surface area contributed by atoms with Gasteiger partial charge in [0.05, 0.1) is 32.2 Å². The number of amides is 2. The number of carbonyl (C=O) groups is 4. The Morgan fingerprint density at radius 3 is 2.06 bits per heavy atom. The van der Waals surface area contributed by atoms with Crippen molar-refractivity contribution in [2.24, 2.45) is 10.5 Å². The molecular weight excluding hydrogens is 485 g/mol. The van der Waals surface area contributed by atoms with Crippen molar-refractivity contribution in [1.82, 2.24) is 5.01 Å². The normalized spacial score (nSPS) is 17.1. The predicted molar refractivity (Wildman–Crippen MR) is 126 cm³/mol. The Labute approximate surface area is 205 Å². The maximum atomic E-state index is 13.2. The van der Waals surface area contributed by atoms with Crippen LogP contribution < -0.4 is 4.90 Å². The summed E-state index contributed by atoms with van der Waals surface area (Å²) in [5, 5.41) is 6.71. The van der Waals surface area contributed by atoms with Crippen LogP contribution in [0.5, 0.6) is 0 Å². The van der Waals surface area contributed by atoms with Crippen molar-refractivity contribution in [2.75, 3.05) is 32.2 Å². The molecule has 0 bridgehead atoms. The van der Waals surface area contributed by atoms with Crippen molar-refractivity contribution < 1.29 is 28.7 Å². The summed E-state index contributed by atoms with van der Waals surface area (Å²) in [4.78, 5) is 51.1. The Hall–Kier alpha value is -3.43. The fourth-order valence-corrected chi connectivity index (χ4v) is 3.81. The fraction of sp³-hybridized carbons (Fsp3) is 0.261. The molecular formula is C23H21Cl2N3O6. The molecule has 0 saturated heterocycles. The van der Waals surface area contributed by atoms with Gasteiger partial charge in [0.25, 0.3) is 5.91 Å². The van der Waals surface area contributed by atoms with Crippen LogP contribution >= 0.6 is 23.2 Å². The minimum Gasteiger partial charge on any atom is -0.468 e. The third-order valence-corrected chi connectivity index (χ3v) is 5.74. The molecule has 3 rings (SSSR count). The average molecular weight is 506 g/mol. The standard InChI is InChI=1S/C23H21Cl2N3O6/c1-23(22(32)34-3)13-27(26-19(23)14-4-6-15(24)7-5-14)12-18(29)28(20(30)21(31)33-2)17-10-8-16(25)9-11-17/h4-11H,12-13H2,1-3H3. The number of anilines is 1. The van der Waals surface area contributed by atoms with E-state index in [0.29, 0.717) is 26.2 Å². The maximum Gasteiger partial charge on any atom is 0.397 e. The van der Waals surface area contributed by atoms with Gasteiger partial charge < -0.3 is 9.47 Å². The van der Waals surface area contributed by atoms with Gasteiger partial charge in [-0.25, -0.2) is 9.69 Å². The van der Waals surface area contributed by atoms with E-state index in [1.165, 1.54) is 36.4 Å². The largest absolute Gasteiger partial charge is 0.468 e. The van der Waals surface area contributed by atoms with Crippen LogP contribution in [0.4, 0.5) is 5.69 Å². The van der Waals surface area contributed by atoms with E-state index in [4.69, 9.17) is 27.9 Å². The van der Waals surface area contributed by atoms with Gasteiger partial charge >= 0.3 is 17.8 Å². The summed E-state index contributed by atoms with van der Waals surface area (Å²) in [5.41, 5.74) is -0.0735. The highest BCUT2D eigenvalue weighted by atomic mass is 35.5. The Morgan fingerprint density at radius 2 is 1.53 bits per heavy atom. The van der Waals surface area contributed by atoms with Gasteiger partial charge in [-0.2, -0.15) is 5.10 Å². The number of ether oxygens (including phenoxy) is 2. The van der Waals surface area contributed by atoms with Crippen molar-refractivity contribution in [3.05, 3.63) is 64.1 Å². The van der Waals surface area contributed by atoms with Crippen LogP contribution in [0.15, 0.2) is 53.6 Å². The summed E-state index contributed by atoms with van der Waals surface area (Å²) in [6.45, 7) is 1.24. The Bertz CT molecular complexity index is 1150. The highest BCUT2D eigenvalue weighted by Crippen LogP contribution is 2.33. The summed E-state index contributed by atoms with van der Waals surface area (Å²) in [6.07, 6.45) is 0. The van der Waals surface area contributed by atoms with Gasteiger partial charge in [-0.3, -0.25) is 19.4 Å². The summed E-state index contributed by atoms with van der Waals surface area (Å²) >= 11 is 11.9. The molecule has 9 nitrogen and oxygen atoms in total. The molecule has 34 heavy (non-hydrogen) atoms. The van der Waals surface area contributed by atoms with Crippen LogP contribution in [-0.2, 0) is 28.7 Å². The minimum atomic E-state index is -1.21. The van der Waals surface area contributed by atoms with E-state index < -0.39 is 35.7 Å². The maximum absolute atomic E-state index is 13.2. The van der Waals surface area contributed by atoms with Gasteiger partial charge in [0.2, 0.25) is 0 Å². The third-order valence-electron chi connectivity index (χ3n) is 5.23. The number of halogens is 2. The zero-order valence-electron chi connectivity index (χ0n) is 18.6. The summed E-state index contributed by atoms with van der Waals surface area (Å²) in [6, 6.07) is 12.5. The van der Waals surface area contributed by atoms with Gasteiger partial charge in [-0.15, -0.1) is 0 Å². The molecule has 0 aromatic heterocycles. The molecule has 0 radical (unpaired) electrons. The van der Waals surface area contributed by atoms with Crippen LogP contribution in [0.2, 0.25) is 10.0 Å². The molecule has 1 aliphatic heterocycles. The zero-order valence-corrected chi connectivity index (χ0v) is 20.1. The lowest BCUT2D eigenvalue weighted by atomic mass is 9.82. The van der Waals surface area contributed by atoms with Crippen LogP contribution in [0, 0.1) is 5.41 Å². The van der Waals surface area contributed by atoms with Gasteiger partial charge in [0.15, 0.2) is 0 Å². The van der Waals surface area contributed by atoms with Gasteiger partial charge in [0, 0.05) is 10.0 Å². The molecule has 2 aromatic carbocycles. The van der Waals surface area contributed by atoms with E-state index in [-0.39, 0.29) is 12.2 Å². The first-order chi connectivity index (χ1) is 16.1. The molecule has 0 aliphatic carbocycles. The first kappa shape index (κ1) is 25.2. The number of carbonyl (C=O) groups excluding carboxylic acids is 4. The van der Waals surface area contributed by atoms with Gasteiger partial charge in [-0.05, 0) is 48.9 Å². The molecule has 1 atom stereocenters. The molecule has 11 heteroatoms. The predicted octanol–water partition coefficient (Wildman–Crippen LogP) is 2.93. The molecule has 178 valence electrons. The molecule has 1 heterocycles. The molecule has 0 saturated carbocycles. The quantitative estimate of drug-likeness (QED) is 0.454. The smallest absolute Gasteiger partial charge is 0.397 e. The van der Waals surface area contributed by atoms with Crippen LogP contribution in [-0.4, -0.2) is 61.8 Å². The highest BCUT2D eigenvalue weighted by Gasteiger charge is 2.47. The lowest BCUT2D eigenvalue weighted by molar-refractivity contribution is -0.152. The van der Waals surface area contributed by atoms with Gasteiger partial charge in [0.1, 0.15) is 12.0 Å². The van der Waals surface area contributed by atoms with Gasteiger partial charge in [-0.1, -0.05) is 35.3 Å². The second kappa shape index (κ2) is 10.2. The van der Waals surface area contributed by atoms with E-state index in [2.05, 4.69) is 9.84 Å². The molecule has 0 N–H and O–H groups in total. The highest BCUT2D eigenvalue weighted by molar-refractivity contribution is 6.43. The lowest BCUT2D eigenvalue weighted by Gasteiger charge is -2.25. The van der Waals surface area contributed by atoms with E-state index in [9.17, 15) is 19.2 Å². The molecule has 0 spiro atoms. The number of imide groups is 1. The topological polar surface area (TPSA) is 106 Å². The summed E-state index contributed by atoms with van der Waals surface area (Å²) in [5.74, 6) is -3.69. The molecule has 2 aromatic rings. The number of rotatable bonds is 5. The van der Waals surface area contributed by atoms with E-state index >= 15 is 0 Å². The molecule has 1 unspecified atom stereocenters. The first-order valence-corrected chi connectivity index (χ1v) is 10.8. The molecule has 0 fully saturated rings. The zero-order chi connectivity index (χ0) is 25.0. The monoisotopic (exact) mass is 505 g/mol. The third kappa shape index (κ3) is 5.05. The number of nitrogens with zero attached hydrogens (tertiary/aromatic N) is 3. The van der Waals surface area contributed by atoms with E-state index in [1.807, 2.05) is 0 Å². The first-order valence-electron chi connectivity index (χ1n) is 10.00. The van der Waals surface area contributed by atoms with E-state index in [1.54, 1.807) is 31.2 Å². The van der Waals surface area contributed by atoms with Crippen molar-refractivity contribution >= 4 is 58.4 Å². The fourth-order valence-electron chi connectivity index (χ4n) is 3.56. The number of hydrazone groups is 1. The van der Waals surface area contributed by atoms with Crippen LogP contribution in [0.1, 0.15) is 12.5 Å². The number of esters is 2. The Morgan fingerprint density at radius 1 is 0.971 bits per heavy atom. The van der Waals surface area contributed by atoms with Crippen molar-refractivity contribution in [3.8, 4) is 0 Å². The second-order valence-electron chi connectivity index (χ2n) is 7.60. The average Bonchev–Trinajstić information content (AvgIpc) is 3.16. The lowest BCUT2D eigenvalue weighted by Crippen LogP contribution is -2.47. The Kier molecular flexibility index (Phi) is 7.58. The number of methoxy groups -OCH3 is 2. The summed E-state index contributed by atoms with van der Waals surface area (Å²) < 4.78 is 9.48. The van der Waals surface area contributed by atoms with Crippen LogP contribution in [0.3, 0.4) is 0 Å². The number of hydrogen-bond donors (Lipinski definition) is 0. The van der Waals surface area contributed by atoms with E-state index in [0.717, 1.165) is 7.11 Å². The van der Waals surface area contributed by atoms with Crippen molar-refractivity contribution in [1.29, 1.82) is 0 Å². The molecule has 1 aliphatic rings. The summed E-state index contributed by atoms with van der Waals surface area (Å²) in [7, 11) is 2.30.